The van der Waals surface area contributed by atoms with Crippen molar-refractivity contribution in [3.8, 4) is 0 Å². The van der Waals surface area contributed by atoms with E-state index in [0.717, 1.165) is 18.2 Å². The van der Waals surface area contributed by atoms with Crippen LogP contribution in [0.15, 0.2) is 18.2 Å². The van der Waals surface area contributed by atoms with E-state index in [9.17, 15) is 18.9 Å². The molecule has 0 saturated heterocycles. The summed E-state index contributed by atoms with van der Waals surface area (Å²) in [6.07, 6.45) is 0. The smallest absolute Gasteiger partial charge is 0.274 e. The van der Waals surface area contributed by atoms with Gasteiger partial charge in [-0.2, -0.15) is 0 Å². The second-order valence-corrected chi connectivity index (χ2v) is 2.72. The molecule has 0 unspecified atom stereocenters. The first-order chi connectivity index (χ1) is 6.56. The lowest BCUT2D eigenvalue weighted by molar-refractivity contribution is -0.385. The fraction of sp³-hybridized carbons (Fsp3) is 0.250. The van der Waals surface area contributed by atoms with Crippen LogP contribution in [-0.2, 0) is 0 Å². The largest absolute Gasteiger partial charge is 0.322 e. The first-order valence-electron chi connectivity index (χ1n) is 3.81. The highest BCUT2D eigenvalue weighted by Crippen LogP contribution is 2.24. The third-order valence-corrected chi connectivity index (χ3v) is 1.75. The molecule has 84 valence electrons. The Labute approximate surface area is 90.6 Å². The topological polar surface area (TPSA) is 69.2 Å². The van der Waals surface area contributed by atoms with Crippen LogP contribution in [0.4, 0.5) is 14.5 Å². The second kappa shape index (κ2) is 5.57. The van der Waals surface area contributed by atoms with Gasteiger partial charge in [0.05, 0.1) is 16.5 Å². The van der Waals surface area contributed by atoms with E-state index in [2.05, 4.69) is 0 Å². The predicted octanol–water partition coefficient (Wildman–Crippen LogP) is 2.12. The molecule has 1 aromatic rings. The summed E-state index contributed by atoms with van der Waals surface area (Å²) in [4.78, 5) is 9.74. The van der Waals surface area contributed by atoms with Crippen molar-refractivity contribution >= 4 is 18.1 Å². The molecule has 0 saturated carbocycles. The summed E-state index contributed by atoms with van der Waals surface area (Å²) in [5.74, 6) is -0.672. The number of alkyl halides is 1. The van der Waals surface area contributed by atoms with Crippen LogP contribution in [0.2, 0.25) is 0 Å². The second-order valence-electron chi connectivity index (χ2n) is 2.72. The minimum Gasteiger partial charge on any atom is -0.322 e. The molecule has 0 heterocycles. The van der Waals surface area contributed by atoms with E-state index in [1.807, 2.05) is 0 Å². The minimum absolute atomic E-state index is 0. The molecule has 0 aliphatic heterocycles. The summed E-state index contributed by atoms with van der Waals surface area (Å²) in [7, 11) is 0. The quantitative estimate of drug-likeness (QED) is 0.648. The maximum Gasteiger partial charge on any atom is 0.274 e. The van der Waals surface area contributed by atoms with Crippen molar-refractivity contribution < 1.29 is 13.7 Å². The van der Waals surface area contributed by atoms with Gasteiger partial charge in [0, 0.05) is 6.07 Å². The van der Waals surface area contributed by atoms with Crippen LogP contribution in [0.25, 0.3) is 0 Å². The molecule has 7 heteroatoms. The molecular formula is C8H9ClF2N2O2. The highest BCUT2D eigenvalue weighted by Gasteiger charge is 2.19. The van der Waals surface area contributed by atoms with E-state index in [0.29, 0.717) is 0 Å². The molecule has 0 aromatic heterocycles. The Morgan fingerprint density at radius 3 is 2.60 bits per heavy atom. The summed E-state index contributed by atoms with van der Waals surface area (Å²) < 4.78 is 24.9. The summed E-state index contributed by atoms with van der Waals surface area (Å²) in [6, 6.07) is 1.63. The molecule has 2 N–H and O–H groups in total. The van der Waals surface area contributed by atoms with E-state index >= 15 is 0 Å². The van der Waals surface area contributed by atoms with Crippen molar-refractivity contribution in [3.63, 3.8) is 0 Å². The number of halogens is 3. The van der Waals surface area contributed by atoms with Crippen molar-refractivity contribution in [1.29, 1.82) is 0 Å². The zero-order valence-electron chi connectivity index (χ0n) is 7.52. The average Bonchev–Trinajstić information content (AvgIpc) is 2.16. The molecule has 0 amide bonds. The first kappa shape index (κ1) is 13.7. The van der Waals surface area contributed by atoms with Crippen molar-refractivity contribution in [2.24, 2.45) is 5.73 Å². The van der Waals surface area contributed by atoms with Crippen LogP contribution < -0.4 is 5.73 Å². The number of benzene rings is 1. The molecule has 0 bridgehead atoms. The number of nitro benzene ring substituents is 1. The Hall–Kier alpha value is -1.27. The Bertz CT molecular complexity index is 362. The lowest BCUT2D eigenvalue weighted by Crippen LogP contribution is -2.14. The number of nitrogens with zero attached hydrogens (tertiary/aromatic N) is 1. The van der Waals surface area contributed by atoms with E-state index in [1.165, 1.54) is 0 Å². The van der Waals surface area contributed by atoms with Gasteiger partial charge >= 0.3 is 0 Å². The Balaban J connectivity index is 0.00000196. The van der Waals surface area contributed by atoms with E-state index in [-0.39, 0.29) is 23.7 Å². The predicted molar refractivity (Wildman–Crippen MR) is 53.2 cm³/mol. The number of nitro groups is 1. The maximum atomic E-state index is 12.7. The number of nitrogens with two attached hydrogens (primary N) is 1. The molecule has 0 aliphatic rings. The Morgan fingerprint density at radius 1 is 1.53 bits per heavy atom. The van der Waals surface area contributed by atoms with Gasteiger partial charge in [0.2, 0.25) is 0 Å². The third-order valence-electron chi connectivity index (χ3n) is 1.75. The first-order valence-corrected chi connectivity index (χ1v) is 3.81. The maximum absolute atomic E-state index is 12.7. The van der Waals surface area contributed by atoms with Gasteiger partial charge in [-0.1, -0.05) is 0 Å². The van der Waals surface area contributed by atoms with Gasteiger partial charge in [-0.15, -0.1) is 12.4 Å². The van der Waals surface area contributed by atoms with Crippen molar-refractivity contribution in [3.05, 3.63) is 39.7 Å². The van der Waals surface area contributed by atoms with Gasteiger partial charge in [-0.25, -0.2) is 8.78 Å². The highest BCUT2D eigenvalue weighted by molar-refractivity contribution is 5.85. The molecule has 0 radical (unpaired) electrons. The van der Waals surface area contributed by atoms with Gasteiger partial charge in [0.25, 0.3) is 5.69 Å². The van der Waals surface area contributed by atoms with Gasteiger partial charge in [-0.3, -0.25) is 10.1 Å². The standard InChI is InChI=1S/C8H8F2N2O2.ClH/c9-4-7(11)6-3-5(10)1-2-8(6)12(13)14;/h1-3,7H,4,11H2;1H/t7-;/m1./s1. The van der Waals surface area contributed by atoms with Gasteiger partial charge < -0.3 is 5.73 Å². The van der Waals surface area contributed by atoms with Gasteiger partial charge in [0.1, 0.15) is 12.5 Å². The molecular weight excluding hydrogens is 230 g/mol. The zero-order chi connectivity index (χ0) is 10.7. The van der Waals surface area contributed by atoms with Crippen molar-refractivity contribution in [2.45, 2.75) is 6.04 Å². The van der Waals surface area contributed by atoms with E-state index in [4.69, 9.17) is 5.73 Å². The van der Waals surface area contributed by atoms with E-state index < -0.39 is 23.5 Å². The SMILES string of the molecule is Cl.N[C@H](CF)c1cc(F)ccc1[N+](=O)[O-]. The monoisotopic (exact) mass is 238 g/mol. The normalized spacial score (nSPS) is 11.7. The number of hydrogen-bond acceptors (Lipinski definition) is 3. The average molecular weight is 239 g/mol. The molecule has 1 aromatic carbocycles. The van der Waals surface area contributed by atoms with E-state index in [1.54, 1.807) is 0 Å². The Kier molecular flexibility index (Phi) is 5.10. The van der Waals surface area contributed by atoms with Crippen molar-refractivity contribution in [1.82, 2.24) is 0 Å². The van der Waals surface area contributed by atoms with Crippen LogP contribution in [0.1, 0.15) is 11.6 Å². The molecule has 15 heavy (non-hydrogen) atoms. The minimum atomic E-state index is -1.16. The summed E-state index contributed by atoms with van der Waals surface area (Å²) in [5, 5.41) is 10.5. The summed E-state index contributed by atoms with van der Waals surface area (Å²) in [6.45, 7) is -0.968. The molecule has 0 spiro atoms. The van der Waals surface area contributed by atoms with Gasteiger partial charge in [0.15, 0.2) is 0 Å². The van der Waals surface area contributed by atoms with Crippen LogP contribution >= 0.6 is 12.4 Å². The van der Waals surface area contributed by atoms with Crippen LogP contribution in [-0.4, -0.2) is 11.6 Å². The fourth-order valence-corrected chi connectivity index (χ4v) is 1.07. The summed E-state index contributed by atoms with van der Waals surface area (Å²) in [5.41, 5.74) is 4.76. The van der Waals surface area contributed by atoms with Gasteiger partial charge in [-0.05, 0) is 12.1 Å². The van der Waals surface area contributed by atoms with Crippen LogP contribution in [0.5, 0.6) is 0 Å². The number of rotatable bonds is 3. The summed E-state index contributed by atoms with van der Waals surface area (Å²) >= 11 is 0. The highest BCUT2D eigenvalue weighted by atomic mass is 35.5. The van der Waals surface area contributed by atoms with Crippen LogP contribution in [0.3, 0.4) is 0 Å². The molecule has 1 rings (SSSR count). The van der Waals surface area contributed by atoms with Crippen LogP contribution in [0, 0.1) is 15.9 Å². The number of hydrogen-bond donors (Lipinski definition) is 1. The van der Waals surface area contributed by atoms with Crippen molar-refractivity contribution in [2.75, 3.05) is 6.67 Å². The molecule has 0 fully saturated rings. The zero-order valence-corrected chi connectivity index (χ0v) is 8.34. The fourth-order valence-electron chi connectivity index (χ4n) is 1.07. The lowest BCUT2D eigenvalue weighted by atomic mass is 10.1. The molecule has 1 atom stereocenters. The Morgan fingerprint density at radius 2 is 2.13 bits per heavy atom. The lowest BCUT2D eigenvalue weighted by Gasteiger charge is -2.07. The molecule has 4 nitrogen and oxygen atoms in total. The molecule has 0 aliphatic carbocycles. The third kappa shape index (κ3) is 3.10.